The van der Waals surface area contributed by atoms with Crippen LogP contribution in [0, 0.1) is 5.82 Å². The maximum atomic E-state index is 13.3. The molecule has 0 aliphatic carbocycles. The van der Waals surface area contributed by atoms with Crippen LogP contribution in [0.2, 0.25) is 0 Å². The Morgan fingerprint density at radius 2 is 1.92 bits per heavy atom. The van der Waals surface area contributed by atoms with Crippen LogP contribution in [0.25, 0.3) is 0 Å². The summed E-state index contributed by atoms with van der Waals surface area (Å²) in [5, 5.41) is 0. The molecule has 0 radical (unpaired) electrons. The van der Waals surface area contributed by atoms with Crippen LogP contribution in [0.15, 0.2) is 72.0 Å². The van der Waals surface area contributed by atoms with Gasteiger partial charge in [-0.15, -0.1) is 0 Å². The number of aromatic nitrogens is 2. The fourth-order valence-electron chi connectivity index (χ4n) is 2.05. The van der Waals surface area contributed by atoms with Gasteiger partial charge in [0, 0.05) is 36.8 Å². The molecule has 0 aliphatic rings. The van der Waals surface area contributed by atoms with Crippen LogP contribution >= 0.6 is 0 Å². The highest BCUT2D eigenvalue weighted by atomic mass is 32.2. The number of rotatable bonds is 6. The van der Waals surface area contributed by atoms with E-state index in [9.17, 15) is 12.8 Å². The second-order valence-corrected chi connectivity index (χ2v) is 6.81. The minimum atomic E-state index is -3.71. The zero-order valence-corrected chi connectivity index (χ0v) is 13.8. The first-order valence-corrected chi connectivity index (χ1v) is 8.80. The fraction of sp³-hybridized carbons (Fsp3) is 0.0588. The molecule has 0 saturated heterocycles. The summed E-state index contributed by atoms with van der Waals surface area (Å²) in [5.74, 6) is 0.0318. The Kier molecular flexibility index (Phi) is 5.01. The number of hydrogen-bond donors (Lipinski definition) is 1. The van der Waals surface area contributed by atoms with E-state index < -0.39 is 15.8 Å². The predicted molar refractivity (Wildman–Crippen MR) is 89.0 cm³/mol. The number of nitrogens with zero attached hydrogens (tertiary/aromatic N) is 2. The smallest absolute Gasteiger partial charge is 0.242 e. The Balaban J connectivity index is 1.77. The Labute approximate surface area is 144 Å². The Morgan fingerprint density at radius 3 is 2.68 bits per heavy atom. The molecule has 0 amide bonds. The van der Waals surface area contributed by atoms with E-state index in [2.05, 4.69) is 14.7 Å². The molecule has 3 aromatic rings. The van der Waals surface area contributed by atoms with Gasteiger partial charge in [0.1, 0.15) is 16.5 Å². The summed E-state index contributed by atoms with van der Waals surface area (Å²) in [6.07, 6.45) is 4.26. The van der Waals surface area contributed by atoms with Crippen LogP contribution < -0.4 is 9.46 Å². The maximum absolute atomic E-state index is 13.3. The van der Waals surface area contributed by atoms with Gasteiger partial charge in [-0.1, -0.05) is 12.1 Å². The molecule has 0 aliphatic heterocycles. The summed E-state index contributed by atoms with van der Waals surface area (Å²) in [6.45, 7) is -0.0320. The standard InChI is InChI=1S/C17H14FN3O3S/c18-14-5-1-6-15(10-14)24-17-13(4-2-9-20-17)11-21-25(22,23)16-7-3-8-19-12-16/h1-10,12,21H,11H2. The topological polar surface area (TPSA) is 81.2 Å². The van der Waals surface area contributed by atoms with E-state index in [1.807, 2.05) is 0 Å². The molecule has 6 nitrogen and oxygen atoms in total. The third-order valence-corrected chi connectivity index (χ3v) is 4.64. The van der Waals surface area contributed by atoms with Gasteiger partial charge in [-0.2, -0.15) is 0 Å². The normalized spacial score (nSPS) is 11.2. The molecule has 2 aromatic heterocycles. The molecule has 1 aromatic carbocycles. The van der Waals surface area contributed by atoms with Crippen molar-refractivity contribution in [1.82, 2.24) is 14.7 Å². The fourth-order valence-corrected chi connectivity index (χ4v) is 3.02. The molecular formula is C17H14FN3O3S. The zero-order valence-electron chi connectivity index (χ0n) is 13.0. The van der Waals surface area contributed by atoms with Crippen molar-refractivity contribution in [2.24, 2.45) is 0 Å². The van der Waals surface area contributed by atoms with Gasteiger partial charge < -0.3 is 4.74 Å². The van der Waals surface area contributed by atoms with Crippen molar-refractivity contribution in [1.29, 1.82) is 0 Å². The largest absolute Gasteiger partial charge is 0.439 e. The summed E-state index contributed by atoms with van der Waals surface area (Å²) >= 11 is 0. The van der Waals surface area contributed by atoms with Crippen molar-refractivity contribution in [3.05, 3.63) is 78.5 Å². The van der Waals surface area contributed by atoms with Gasteiger partial charge in [0.2, 0.25) is 15.9 Å². The average Bonchev–Trinajstić information content (AvgIpc) is 2.62. The van der Waals surface area contributed by atoms with Gasteiger partial charge in [0.05, 0.1) is 0 Å². The number of nitrogens with one attached hydrogen (secondary N) is 1. The minimum Gasteiger partial charge on any atom is -0.439 e. The SMILES string of the molecule is O=S(=O)(NCc1cccnc1Oc1cccc(F)c1)c1cccnc1. The number of ether oxygens (including phenoxy) is 1. The van der Waals surface area contributed by atoms with E-state index in [0.717, 1.165) is 0 Å². The number of sulfonamides is 1. The lowest BCUT2D eigenvalue weighted by molar-refractivity contribution is 0.451. The third kappa shape index (κ3) is 4.37. The number of halogens is 1. The minimum absolute atomic E-state index is 0.0320. The average molecular weight is 359 g/mol. The van der Waals surface area contributed by atoms with Gasteiger partial charge in [0.15, 0.2) is 0 Å². The first kappa shape index (κ1) is 17.0. The maximum Gasteiger partial charge on any atom is 0.242 e. The van der Waals surface area contributed by atoms with E-state index in [1.54, 1.807) is 18.2 Å². The van der Waals surface area contributed by atoms with Crippen molar-refractivity contribution < 1.29 is 17.5 Å². The van der Waals surface area contributed by atoms with Crippen LogP contribution in [0.3, 0.4) is 0 Å². The molecule has 2 heterocycles. The van der Waals surface area contributed by atoms with Crippen molar-refractivity contribution in [3.8, 4) is 11.6 Å². The molecular weight excluding hydrogens is 345 g/mol. The van der Waals surface area contributed by atoms with Crippen LogP contribution in [0.1, 0.15) is 5.56 Å². The van der Waals surface area contributed by atoms with Gasteiger partial charge in [-0.3, -0.25) is 4.98 Å². The molecule has 0 bridgehead atoms. The van der Waals surface area contributed by atoms with Crippen LogP contribution in [0.4, 0.5) is 4.39 Å². The quantitative estimate of drug-likeness (QED) is 0.732. The first-order chi connectivity index (χ1) is 12.0. The highest BCUT2D eigenvalue weighted by Gasteiger charge is 2.15. The molecule has 8 heteroatoms. The van der Waals surface area contributed by atoms with Crippen molar-refractivity contribution in [2.75, 3.05) is 0 Å². The van der Waals surface area contributed by atoms with Crippen LogP contribution in [0.5, 0.6) is 11.6 Å². The number of hydrogen-bond acceptors (Lipinski definition) is 5. The summed E-state index contributed by atoms with van der Waals surface area (Å²) in [4.78, 5) is 7.94. The zero-order chi connectivity index (χ0) is 17.7. The van der Waals surface area contributed by atoms with Crippen LogP contribution in [-0.2, 0) is 16.6 Å². The molecule has 0 unspecified atom stereocenters. The van der Waals surface area contributed by atoms with E-state index in [0.29, 0.717) is 5.56 Å². The third-order valence-electron chi connectivity index (χ3n) is 3.26. The highest BCUT2D eigenvalue weighted by molar-refractivity contribution is 7.89. The lowest BCUT2D eigenvalue weighted by Gasteiger charge is -2.11. The molecule has 0 atom stereocenters. The second-order valence-electron chi connectivity index (χ2n) is 5.04. The Hall–Kier alpha value is -2.84. The van der Waals surface area contributed by atoms with Crippen molar-refractivity contribution >= 4 is 10.0 Å². The van der Waals surface area contributed by atoms with Gasteiger partial charge in [-0.05, 0) is 30.3 Å². The summed E-state index contributed by atoms with van der Waals surface area (Å²) in [6, 6.07) is 11.9. The Bertz CT molecular complexity index is 966. The monoisotopic (exact) mass is 359 g/mol. The molecule has 128 valence electrons. The molecule has 25 heavy (non-hydrogen) atoms. The predicted octanol–water partition coefficient (Wildman–Crippen LogP) is 2.89. The van der Waals surface area contributed by atoms with Gasteiger partial charge in [-0.25, -0.2) is 22.5 Å². The van der Waals surface area contributed by atoms with Crippen molar-refractivity contribution in [2.45, 2.75) is 11.4 Å². The Morgan fingerprint density at radius 1 is 1.08 bits per heavy atom. The molecule has 3 rings (SSSR count). The van der Waals surface area contributed by atoms with Gasteiger partial charge >= 0.3 is 0 Å². The second kappa shape index (κ2) is 7.37. The molecule has 0 spiro atoms. The summed E-state index contributed by atoms with van der Waals surface area (Å²) in [5.41, 5.74) is 0.513. The van der Waals surface area contributed by atoms with E-state index in [-0.39, 0.29) is 23.1 Å². The number of benzene rings is 1. The molecule has 0 saturated carbocycles. The summed E-state index contributed by atoms with van der Waals surface area (Å²) < 4.78 is 45.8. The highest BCUT2D eigenvalue weighted by Crippen LogP contribution is 2.23. The van der Waals surface area contributed by atoms with Crippen molar-refractivity contribution in [3.63, 3.8) is 0 Å². The summed E-state index contributed by atoms with van der Waals surface area (Å²) in [7, 11) is -3.71. The van der Waals surface area contributed by atoms with Crippen LogP contribution in [-0.4, -0.2) is 18.4 Å². The lowest BCUT2D eigenvalue weighted by Crippen LogP contribution is -2.23. The first-order valence-electron chi connectivity index (χ1n) is 7.31. The molecule has 0 fully saturated rings. The lowest BCUT2D eigenvalue weighted by atomic mass is 10.3. The van der Waals surface area contributed by atoms with E-state index in [1.165, 1.54) is 48.9 Å². The van der Waals surface area contributed by atoms with E-state index in [4.69, 9.17) is 4.74 Å². The molecule has 1 N–H and O–H groups in total. The van der Waals surface area contributed by atoms with Gasteiger partial charge in [0.25, 0.3) is 0 Å². The number of pyridine rings is 2. The van der Waals surface area contributed by atoms with E-state index >= 15 is 0 Å².